The minimum Gasteiger partial charge on any atom is -0.456 e. The fourth-order valence-electron chi connectivity index (χ4n) is 23.5. The highest BCUT2D eigenvalue weighted by Crippen LogP contribution is 2.54. The lowest BCUT2D eigenvalue weighted by atomic mass is 9.82. The van der Waals surface area contributed by atoms with Crippen LogP contribution in [0.2, 0.25) is 0 Å². The number of pyridine rings is 2. The van der Waals surface area contributed by atoms with E-state index in [1.807, 2.05) is 24.8 Å². The van der Waals surface area contributed by atoms with Gasteiger partial charge in [-0.2, -0.15) is 0 Å². The fourth-order valence-corrected chi connectivity index (χ4v) is 23.5. The summed E-state index contributed by atoms with van der Waals surface area (Å²) in [5.74, 6) is 0. The number of fused-ring (bicyclic) bond motifs is 24. The van der Waals surface area contributed by atoms with E-state index in [2.05, 4.69) is 517 Å². The number of nitrogens with zero attached hydrogens (tertiary/aromatic N) is 6. The standard InChI is InChI=1S/C60H40N2O.C39H27NO.C37H25N3O/c1-3-13-41(14-4-1)43-25-30-49(31-26-43)61(50-32-27-44(28-33-50)42-15-5-2-6-16-42)51-20-12-19-47(38-51)45-17-11-18-46(37-45)48-29-35-59-55(39-48)56-40-52(34-36-60(56)63-59)62-57-23-9-7-21-53(57)54-22-8-10-24-58(54)62;1-39(2)33-12-6-3-9-27(33)30-21-24(15-18-34(30)39)25-16-19-37-31(22-25)32-23-26(17-20-38(32)41-37)40-35-13-7-4-10-28(35)29-11-5-8-14-36(29)40;1-37(2)31-6-4-3-5-25(31)26-17-22(7-10-32(26)37)23-8-11-35-27(18-23)28-19-24(9-12-36(28)41-35)40-33-13-15-38-20-29(33)30-21-39-16-14-34(30)40/h1-40H;3-23H,1-2H3;3-21H,1-2H3. The van der Waals surface area contributed by atoms with Crippen molar-refractivity contribution in [3.05, 3.63) is 508 Å². The van der Waals surface area contributed by atoms with Gasteiger partial charge in [-0.25, -0.2) is 0 Å². The molecule has 145 heavy (non-hydrogen) atoms. The second-order valence-corrected chi connectivity index (χ2v) is 39.5. The van der Waals surface area contributed by atoms with Gasteiger partial charge in [-0.05, 0) is 293 Å². The molecule has 0 N–H and O–H groups in total. The first-order chi connectivity index (χ1) is 71.4. The lowest BCUT2D eigenvalue weighted by Gasteiger charge is -2.26. The van der Waals surface area contributed by atoms with Gasteiger partial charge in [0.2, 0.25) is 0 Å². The molecule has 684 valence electrons. The number of aromatic nitrogens is 5. The van der Waals surface area contributed by atoms with Crippen LogP contribution in [-0.4, -0.2) is 23.7 Å². The average molecular weight is 1860 g/mol. The van der Waals surface area contributed by atoms with Crippen molar-refractivity contribution in [2.75, 3.05) is 4.90 Å². The second-order valence-electron chi connectivity index (χ2n) is 39.5. The molecule has 2 aliphatic rings. The highest BCUT2D eigenvalue weighted by Gasteiger charge is 2.37. The smallest absolute Gasteiger partial charge is 0.135 e. The van der Waals surface area contributed by atoms with E-state index in [4.69, 9.17) is 13.3 Å². The topological polar surface area (TPSA) is 83.2 Å². The minimum absolute atomic E-state index is 0.00447. The first-order valence-electron chi connectivity index (χ1n) is 49.7. The molecule has 0 aliphatic heterocycles. The van der Waals surface area contributed by atoms with Gasteiger partial charge in [0.05, 0.1) is 33.1 Å². The molecule has 0 unspecified atom stereocenters. The molecule has 0 radical (unpaired) electrons. The first-order valence-corrected chi connectivity index (χ1v) is 49.7. The zero-order valence-corrected chi connectivity index (χ0v) is 80.1. The van der Waals surface area contributed by atoms with E-state index in [1.54, 1.807) is 0 Å². The molecule has 9 nitrogen and oxygen atoms in total. The molecule has 0 amide bonds. The van der Waals surface area contributed by atoms with E-state index in [9.17, 15) is 0 Å². The van der Waals surface area contributed by atoms with Gasteiger partial charge in [0.15, 0.2) is 0 Å². The van der Waals surface area contributed by atoms with Crippen LogP contribution in [0.15, 0.2) is 499 Å². The Labute approximate surface area is 836 Å². The summed E-state index contributed by atoms with van der Waals surface area (Å²) in [5, 5.41) is 13.9. The van der Waals surface area contributed by atoms with Gasteiger partial charge < -0.3 is 31.9 Å². The average Bonchev–Trinajstić information content (AvgIpc) is 1.61. The number of para-hydroxylation sites is 4. The third kappa shape index (κ3) is 14.0. The Hall–Kier alpha value is -18.7. The van der Waals surface area contributed by atoms with Crippen molar-refractivity contribution < 1.29 is 13.3 Å². The van der Waals surface area contributed by atoms with E-state index < -0.39 is 0 Å². The molecule has 30 rings (SSSR count). The highest BCUT2D eigenvalue weighted by atomic mass is 16.3. The van der Waals surface area contributed by atoms with E-state index >= 15 is 0 Å². The molecule has 8 aromatic heterocycles. The van der Waals surface area contributed by atoms with Crippen LogP contribution in [-0.2, 0) is 10.8 Å². The molecular weight excluding hydrogens is 1770 g/mol. The van der Waals surface area contributed by atoms with Crippen LogP contribution >= 0.6 is 0 Å². The van der Waals surface area contributed by atoms with Crippen molar-refractivity contribution >= 4 is 148 Å². The molecule has 0 bridgehead atoms. The van der Waals surface area contributed by atoms with E-state index in [0.29, 0.717) is 0 Å². The summed E-state index contributed by atoms with van der Waals surface area (Å²) in [4.78, 5) is 11.1. The summed E-state index contributed by atoms with van der Waals surface area (Å²) in [6.07, 6.45) is 7.53. The Kier molecular flexibility index (Phi) is 19.5. The lowest BCUT2D eigenvalue weighted by molar-refractivity contribution is 0.660. The van der Waals surface area contributed by atoms with Crippen LogP contribution < -0.4 is 4.90 Å². The number of hydrogen-bond donors (Lipinski definition) is 0. The molecule has 28 aromatic rings. The molecule has 0 saturated carbocycles. The van der Waals surface area contributed by atoms with E-state index in [1.165, 1.54) is 133 Å². The highest BCUT2D eigenvalue weighted by molar-refractivity contribution is 6.15. The Balaban J connectivity index is 0.000000109. The zero-order valence-electron chi connectivity index (χ0n) is 80.1. The Morgan fingerprint density at radius 3 is 0.848 bits per heavy atom. The third-order valence-electron chi connectivity index (χ3n) is 30.6. The molecule has 0 saturated heterocycles. The van der Waals surface area contributed by atoms with Crippen molar-refractivity contribution in [1.82, 2.24) is 23.7 Å². The van der Waals surface area contributed by atoms with Crippen LogP contribution in [0.25, 0.3) is 237 Å². The molecular formula is C136H92N6O3. The largest absolute Gasteiger partial charge is 0.456 e. The van der Waals surface area contributed by atoms with Gasteiger partial charge in [0.1, 0.15) is 33.5 Å². The normalized spacial score (nSPS) is 12.8. The Morgan fingerprint density at radius 2 is 0.462 bits per heavy atom. The van der Waals surface area contributed by atoms with Crippen LogP contribution in [0.5, 0.6) is 0 Å². The summed E-state index contributed by atoms with van der Waals surface area (Å²) < 4.78 is 26.1. The number of hydrogen-bond acceptors (Lipinski definition) is 6. The van der Waals surface area contributed by atoms with Crippen molar-refractivity contribution in [2.45, 2.75) is 38.5 Å². The molecule has 0 atom stereocenters. The van der Waals surface area contributed by atoms with Crippen molar-refractivity contribution in [2.24, 2.45) is 0 Å². The van der Waals surface area contributed by atoms with Gasteiger partial charge in [-0.15, -0.1) is 0 Å². The molecule has 8 heterocycles. The van der Waals surface area contributed by atoms with Crippen LogP contribution in [0.4, 0.5) is 17.1 Å². The van der Waals surface area contributed by atoms with Gasteiger partial charge in [-0.1, -0.05) is 307 Å². The maximum Gasteiger partial charge on any atom is 0.135 e. The quantitative estimate of drug-likeness (QED) is 0.121. The monoisotopic (exact) mass is 1860 g/mol. The van der Waals surface area contributed by atoms with Crippen LogP contribution in [0.3, 0.4) is 0 Å². The number of furan rings is 3. The number of benzene rings is 20. The van der Waals surface area contributed by atoms with E-state index in [-0.39, 0.29) is 10.8 Å². The fraction of sp³-hybridized carbons (Fsp3) is 0.0441. The van der Waals surface area contributed by atoms with E-state index in [0.717, 1.165) is 144 Å². The molecule has 0 spiro atoms. The maximum atomic E-state index is 6.44. The maximum absolute atomic E-state index is 6.44. The number of rotatable bonds is 12. The molecule has 20 aromatic carbocycles. The van der Waals surface area contributed by atoms with Gasteiger partial charge in [0.25, 0.3) is 0 Å². The second kappa shape index (κ2) is 33.5. The lowest BCUT2D eigenvalue weighted by Crippen LogP contribution is -2.14. The first kappa shape index (κ1) is 84.4. The van der Waals surface area contributed by atoms with Crippen molar-refractivity contribution in [1.29, 1.82) is 0 Å². The van der Waals surface area contributed by atoms with Gasteiger partial charge >= 0.3 is 0 Å². The Morgan fingerprint density at radius 1 is 0.186 bits per heavy atom. The SMILES string of the molecule is CC1(C)c2ccccc2-c2cc(-c3ccc4oc5ccc(-n6c7ccccc7c7ccccc76)cc5c4c3)ccc21.CC1(C)c2ccccc2-c2cc(-c3ccc4oc5ccc(-n6c7ccncc7c7cnccc76)cc5c4c3)ccc21.c1ccc(-c2ccc(N(c3ccc(-c4ccccc4)cc3)c3cccc(-c4cccc(-c5ccc6oc7ccc(-n8c9ccccc9c9ccccc98)cc7c6c5)c4)c3)cc2)cc1. The third-order valence-corrected chi connectivity index (χ3v) is 30.6. The summed E-state index contributed by atoms with van der Waals surface area (Å²) in [5.41, 5.74) is 44.1. The Bertz CT molecular complexity index is 9530. The minimum atomic E-state index is 0.00447. The summed E-state index contributed by atoms with van der Waals surface area (Å²) in [7, 11) is 0. The summed E-state index contributed by atoms with van der Waals surface area (Å²) in [6.45, 7) is 9.30. The predicted molar refractivity (Wildman–Crippen MR) is 602 cm³/mol. The summed E-state index contributed by atoms with van der Waals surface area (Å²) in [6, 6.07) is 166. The predicted octanol–water partition coefficient (Wildman–Crippen LogP) is 36.9. The van der Waals surface area contributed by atoms with Crippen LogP contribution in [0, 0.1) is 0 Å². The zero-order chi connectivity index (χ0) is 96.3. The molecule has 0 fully saturated rings. The van der Waals surface area contributed by atoms with Gasteiger partial charge in [0, 0.05) is 134 Å². The number of anilines is 3. The molecule has 9 heteroatoms. The summed E-state index contributed by atoms with van der Waals surface area (Å²) >= 11 is 0. The van der Waals surface area contributed by atoms with Crippen LogP contribution in [0.1, 0.15) is 49.9 Å². The van der Waals surface area contributed by atoms with Crippen molar-refractivity contribution in [3.8, 4) is 106 Å². The van der Waals surface area contributed by atoms with Gasteiger partial charge in [-0.3, -0.25) is 9.97 Å². The molecule has 2 aliphatic carbocycles. The van der Waals surface area contributed by atoms with Crippen molar-refractivity contribution in [3.63, 3.8) is 0 Å².